The van der Waals surface area contributed by atoms with E-state index in [1.807, 2.05) is 43.2 Å². The second-order valence-electron chi connectivity index (χ2n) is 9.65. The van der Waals surface area contributed by atoms with Crippen LogP contribution in [0, 0.1) is 5.92 Å². The lowest BCUT2D eigenvalue weighted by Crippen LogP contribution is -2.52. The zero-order valence-electron chi connectivity index (χ0n) is 19.1. The van der Waals surface area contributed by atoms with E-state index in [9.17, 15) is 14.4 Å². The van der Waals surface area contributed by atoms with E-state index in [1.54, 1.807) is 28.2 Å². The summed E-state index contributed by atoms with van der Waals surface area (Å²) in [6, 6.07) is 3.56. The van der Waals surface area contributed by atoms with Crippen LogP contribution in [-0.4, -0.2) is 77.5 Å². The molecule has 0 radical (unpaired) electrons. The first kappa shape index (κ1) is 23.6. The van der Waals surface area contributed by atoms with Gasteiger partial charge in [0, 0.05) is 38.1 Å². The van der Waals surface area contributed by atoms with Crippen LogP contribution in [0.15, 0.2) is 17.5 Å². The predicted octanol–water partition coefficient (Wildman–Crippen LogP) is 3.39. The number of nitrogens with zero attached hydrogens (tertiary/aromatic N) is 3. The van der Waals surface area contributed by atoms with E-state index in [0.29, 0.717) is 26.1 Å². The molecule has 3 heterocycles. The number of hydrogen-bond donors (Lipinski definition) is 0. The molecule has 3 rings (SSSR count). The molecule has 172 valence electrons. The Morgan fingerprint density at radius 3 is 2.61 bits per heavy atom. The molecule has 0 saturated carbocycles. The van der Waals surface area contributed by atoms with Gasteiger partial charge < -0.3 is 19.4 Å². The van der Waals surface area contributed by atoms with Crippen LogP contribution in [0.3, 0.4) is 0 Å². The summed E-state index contributed by atoms with van der Waals surface area (Å²) in [5, 5.41) is 1.97. The fourth-order valence-electron chi connectivity index (χ4n) is 4.41. The number of likely N-dealkylation sites (tertiary alicyclic amines) is 2. The van der Waals surface area contributed by atoms with Gasteiger partial charge in [0.2, 0.25) is 11.8 Å². The van der Waals surface area contributed by atoms with Gasteiger partial charge in [0.25, 0.3) is 0 Å². The highest BCUT2D eigenvalue weighted by Crippen LogP contribution is 2.25. The molecule has 0 N–H and O–H groups in total. The zero-order chi connectivity index (χ0) is 22.6. The molecule has 2 aliphatic heterocycles. The summed E-state index contributed by atoms with van der Waals surface area (Å²) < 4.78 is 5.44. The lowest BCUT2D eigenvalue weighted by molar-refractivity contribution is -0.144. The first-order valence-electron chi connectivity index (χ1n) is 11.2. The average molecular weight is 450 g/mol. The highest BCUT2D eigenvalue weighted by Gasteiger charge is 2.38. The third kappa shape index (κ3) is 6.45. The number of carbonyl (C=O) groups is 3. The maximum absolute atomic E-state index is 13.3. The van der Waals surface area contributed by atoms with Gasteiger partial charge in [0.05, 0.1) is 6.42 Å². The van der Waals surface area contributed by atoms with Gasteiger partial charge in [-0.05, 0) is 63.8 Å². The standard InChI is InChI=1S/C23H35N3O4S/c1-23(2,3)30-22(29)24(4)15-17-8-5-11-25(16-17)21(28)19-10-6-12-26(19)20(27)14-18-9-7-13-31-18/h7,9,13,17,19H,5-6,8,10-12,14-16H2,1-4H3. The summed E-state index contributed by atoms with van der Waals surface area (Å²) in [6.07, 6.45) is 3.51. The molecule has 0 bridgehead atoms. The van der Waals surface area contributed by atoms with E-state index in [1.165, 1.54) is 0 Å². The van der Waals surface area contributed by atoms with Crippen molar-refractivity contribution in [3.63, 3.8) is 0 Å². The fourth-order valence-corrected chi connectivity index (χ4v) is 5.11. The highest BCUT2D eigenvalue weighted by atomic mass is 32.1. The normalized spacial score (nSPS) is 21.8. The molecule has 0 spiro atoms. The first-order valence-corrected chi connectivity index (χ1v) is 12.1. The van der Waals surface area contributed by atoms with Crippen LogP contribution in [0.1, 0.15) is 51.3 Å². The molecule has 7 nitrogen and oxygen atoms in total. The van der Waals surface area contributed by atoms with Crippen molar-refractivity contribution >= 4 is 29.2 Å². The second kappa shape index (κ2) is 10.0. The molecule has 2 aliphatic rings. The molecule has 2 fully saturated rings. The van der Waals surface area contributed by atoms with Crippen LogP contribution >= 0.6 is 11.3 Å². The molecule has 2 saturated heterocycles. The van der Waals surface area contributed by atoms with E-state index >= 15 is 0 Å². The van der Waals surface area contributed by atoms with Crippen LogP contribution in [-0.2, 0) is 20.7 Å². The minimum atomic E-state index is -0.526. The summed E-state index contributed by atoms with van der Waals surface area (Å²) >= 11 is 1.57. The molecule has 2 atom stereocenters. The third-order valence-corrected chi connectivity index (χ3v) is 6.71. The number of thiophene rings is 1. The monoisotopic (exact) mass is 449 g/mol. The Kier molecular flexibility index (Phi) is 7.62. The van der Waals surface area contributed by atoms with Gasteiger partial charge in [0.15, 0.2) is 0 Å². The van der Waals surface area contributed by atoms with Gasteiger partial charge in [-0.1, -0.05) is 6.07 Å². The van der Waals surface area contributed by atoms with E-state index in [-0.39, 0.29) is 29.9 Å². The molecule has 1 aromatic rings. The Morgan fingerprint density at radius 1 is 1.19 bits per heavy atom. The SMILES string of the molecule is CN(CC1CCCN(C(=O)C2CCCN2C(=O)Cc2cccs2)C1)C(=O)OC(C)(C)C. The van der Waals surface area contributed by atoms with E-state index in [2.05, 4.69) is 0 Å². The van der Waals surface area contributed by atoms with Gasteiger partial charge >= 0.3 is 6.09 Å². The van der Waals surface area contributed by atoms with E-state index < -0.39 is 5.60 Å². The molecule has 0 aromatic carbocycles. The first-order chi connectivity index (χ1) is 14.6. The number of hydrogen-bond acceptors (Lipinski definition) is 5. The number of rotatable bonds is 5. The minimum Gasteiger partial charge on any atom is -0.444 e. The molecule has 1 aromatic heterocycles. The Bertz CT molecular complexity index is 774. The van der Waals surface area contributed by atoms with Crippen molar-refractivity contribution in [2.75, 3.05) is 33.2 Å². The summed E-state index contributed by atoms with van der Waals surface area (Å²) in [5.74, 6) is 0.310. The fraction of sp³-hybridized carbons (Fsp3) is 0.696. The van der Waals surface area contributed by atoms with Gasteiger partial charge in [-0.2, -0.15) is 0 Å². The van der Waals surface area contributed by atoms with Gasteiger partial charge in [-0.15, -0.1) is 11.3 Å². The minimum absolute atomic E-state index is 0.0384. The van der Waals surface area contributed by atoms with Crippen molar-refractivity contribution in [1.29, 1.82) is 0 Å². The van der Waals surface area contributed by atoms with Crippen molar-refractivity contribution in [1.82, 2.24) is 14.7 Å². The van der Waals surface area contributed by atoms with Crippen LogP contribution in [0.25, 0.3) is 0 Å². The van der Waals surface area contributed by atoms with E-state index in [4.69, 9.17) is 4.74 Å². The van der Waals surface area contributed by atoms with Crippen molar-refractivity contribution in [2.45, 2.75) is 64.5 Å². The summed E-state index contributed by atoms with van der Waals surface area (Å²) in [6.45, 7) is 8.11. The maximum atomic E-state index is 13.3. The topological polar surface area (TPSA) is 70.2 Å². The molecule has 31 heavy (non-hydrogen) atoms. The molecule has 2 unspecified atom stereocenters. The Hall–Kier alpha value is -2.09. The molecule has 3 amide bonds. The molecular weight excluding hydrogens is 414 g/mol. The summed E-state index contributed by atoms with van der Waals surface area (Å²) in [4.78, 5) is 44.7. The Balaban J connectivity index is 1.56. The van der Waals surface area contributed by atoms with Crippen molar-refractivity contribution in [3.8, 4) is 0 Å². The van der Waals surface area contributed by atoms with Gasteiger partial charge in [-0.25, -0.2) is 4.79 Å². The largest absolute Gasteiger partial charge is 0.444 e. The molecule has 0 aliphatic carbocycles. The van der Waals surface area contributed by atoms with Gasteiger partial charge in [0.1, 0.15) is 11.6 Å². The quantitative estimate of drug-likeness (QED) is 0.691. The summed E-state index contributed by atoms with van der Waals surface area (Å²) in [5.41, 5.74) is -0.526. The lowest BCUT2D eigenvalue weighted by atomic mass is 9.96. The zero-order valence-corrected chi connectivity index (χ0v) is 20.0. The number of carbonyl (C=O) groups excluding carboxylic acids is 3. The van der Waals surface area contributed by atoms with E-state index in [0.717, 1.165) is 37.1 Å². The van der Waals surface area contributed by atoms with Gasteiger partial charge in [-0.3, -0.25) is 9.59 Å². The summed E-state index contributed by atoms with van der Waals surface area (Å²) in [7, 11) is 1.75. The van der Waals surface area contributed by atoms with Crippen LogP contribution in [0.5, 0.6) is 0 Å². The molecule has 8 heteroatoms. The highest BCUT2D eigenvalue weighted by molar-refractivity contribution is 7.10. The smallest absolute Gasteiger partial charge is 0.410 e. The molecular formula is C23H35N3O4S. The van der Waals surface area contributed by atoms with Crippen molar-refractivity contribution in [2.24, 2.45) is 5.92 Å². The maximum Gasteiger partial charge on any atom is 0.410 e. The Morgan fingerprint density at radius 2 is 1.94 bits per heavy atom. The third-order valence-electron chi connectivity index (χ3n) is 5.83. The van der Waals surface area contributed by atoms with Crippen LogP contribution < -0.4 is 0 Å². The Labute approximate surface area is 189 Å². The van der Waals surface area contributed by atoms with Crippen molar-refractivity contribution < 1.29 is 19.1 Å². The predicted molar refractivity (Wildman–Crippen MR) is 121 cm³/mol. The van der Waals surface area contributed by atoms with Crippen molar-refractivity contribution in [3.05, 3.63) is 22.4 Å². The number of ether oxygens (including phenoxy) is 1. The lowest BCUT2D eigenvalue weighted by Gasteiger charge is -2.37. The number of piperidine rings is 1. The van der Waals surface area contributed by atoms with Crippen LogP contribution in [0.4, 0.5) is 4.79 Å². The second-order valence-corrected chi connectivity index (χ2v) is 10.7. The van der Waals surface area contributed by atoms with Crippen LogP contribution in [0.2, 0.25) is 0 Å². The number of amides is 3. The average Bonchev–Trinajstić information content (AvgIpc) is 3.38.